The van der Waals surface area contributed by atoms with Crippen LogP contribution in [0.3, 0.4) is 0 Å². The highest BCUT2D eigenvalue weighted by Gasteiger charge is 2.41. The normalized spacial score (nSPS) is 22.5. The summed E-state index contributed by atoms with van der Waals surface area (Å²) in [6, 6.07) is 16.1. The van der Waals surface area contributed by atoms with E-state index in [1.165, 1.54) is 5.56 Å². The second-order valence-corrected chi connectivity index (χ2v) is 14.2. The number of rotatable bonds is 10. The molecule has 46 heavy (non-hydrogen) atoms. The molecule has 2 aromatic rings. The summed E-state index contributed by atoms with van der Waals surface area (Å²) in [5.41, 5.74) is 4.44. The van der Waals surface area contributed by atoms with Crippen molar-refractivity contribution < 1.29 is 33.0 Å². The van der Waals surface area contributed by atoms with Crippen LogP contribution in [0.2, 0.25) is 0 Å². The molecule has 248 valence electrons. The van der Waals surface area contributed by atoms with Gasteiger partial charge >= 0.3 is 11.9 Å². The van der Waals surface area contributed by atoms with E-state index in [0.29, 0.717) is 25.4 Å². The van der Waals surface area contributed by atoms with Crippen LogP contribution in [0.15, 0.2) is 81.1 Å². The Hall–Kier alpha value is -3.49. The smallest absolute Gasteiger partial charge is 0.328 e. The predicted octanol–water partition coefficient (Wildman–Crippen LogP) is 2.95. The van der Waals surface area contributed by atoms with Gasteiger partial charge in [-0.25, -0.2) is 9.59 Å². The van der Waals surface area contributed by atoms with Gasteiger partial charge in [0.25, 0.3) is 0 Å². The Kier molecular flexibility index (Phi) is 13.0. The number of ether oxygens (including phenoxy) is 1. The molecule has 5 rings (SSSR count). The summed E-state index contributed by atoms with van der Waals surface area (Å²) in [4.78, 5) is 25.7. The van der Waals surface area contributed by atoms with Gasteiger partial charge in [0, 0.05) is 94.4 Å². The third-order valence-electron chi connectivity index (χ3n) is 8.11. The number of hydrazone groups is 1. The zero-order valence-electron chi connectivity index (χ0n) is 26.4. The van der Waals surface area contributed by atoms with Gasteiger partial charge < -0.3 is 24.7 Å². The van der Waals surface area contributed by atoms with Crippen LogP contribution in [0.1, 0.15) is 23.6 Å². The van der Waals surface area contributed by atoms with Crippen LogP contribution in [0.4, 0.5) is 0 Å². The summed E-state index contributed by atoms with van der Waals surface area (Å²) in [6.45, 7) is 7.62. The maximum atomic E-state index is 12.0. The molecule has 3 aliphatic rings. The van der Waals surface area contributed by atoms with Crippen molar-refractivity contribution in [1.29, 1.82) is 0 Å². The van der Waals surface area contributed by atoms with E-state index in [-0.39, 0.29) is 12.0 Å². The Labute approximate surface area is 275 Å². The van der Waals surface area contributed by atoms with Crippen molar-refractivity contribution in [3.63, 3.8) is 0 Å². The van der Waals surface area contributed by atoms with Gasteiger partial charge in [0.05, 0.1) is 30.9 Å². The molecule has 2 saturated heterocycles. The lowest BCUT2D eigenvalue weighted by molar-refractivity contribution is -0.134. The summed E-state index contributed by atoms with van der Waals surface area (Å²) in [6.07, 6.45) is 7.74. The van der Waals surface area contributed by atoms with Crippen molar-refractivity contribution in [3.05, 3.63) is 77.4 Å². The first-order valence-corrected chi connectivity index (χ1v) is 18.2. The molecule has 0 spiro atoms. The lowest BCUT2D eigenvalue weighted by atomic mass is 9.85. The van der Waals surface area contributed by atoms with Crippen LogP contribution < -0.4 is 0 Å². The first-order valence-electron chi connectivity index (χ1n) is 15.1. The van der Waals surface area contributed by atoms with Crippen LogP contribution >= 0.6 is 0 Å². The van der Waals surface area contributed by atoms with Crippen LogP contribution in [0.5, 0.6) is 0 Å². The molecule has 3 heterocycles. The largest absolute Gasteiger partial charge is 0.478 e. The lowest BCUT2D eigenvalue weighted by Gasteiger charge is -2.33. The van der Waals surface area contributed by atoms with E-state index in [2.05, 4.69) is 40.1 Å². The summed E-state index contributed by atoms with van der Waals surface area (Å²) in [5, 5.41) is 23.1. The van der Waals surface area contributed by atoms with E-state index in [4.69, 9.17) is 20.1 Å². The number of carbonyl (C=O) groups is 2. The summed E-state index contributed by atoms with van der Waals surface area (Å²) < 4.78 is 29.9. The number of piperazine rings is 1. The molecule has 0 radical (unpaired) electrons. The molecule has 4 atom stereocenters. The van der Waals surface area contributed by atoms with Gasteiger partial charge in [0.15, 0.2) is 0 Å². The molecule has 0 amide bonds. The highest BCUT2D eigenvalue weighted by Crippen LogP contribution is 2.40. The summed E-state index contributed by atoms with van der Waals surface area (Å²) >= 11 is 0. The first-order chi connectivity index (χ1) is 22.0. The van der Waals surface area contributed by atoms with Gasteiger partial charge in [0.2, 0.25) is 0 Å². The minimum absolute atomic E-state index is 0.0884. The zero-order chi connectivity index (χ0) is 33.2. The molecule has 0 bridgehead atoms. The Morgan fingerprint density at radius 1 is 0.891 bits per heavy atom. The minimum atomic E-state index is -1.26. The molecular formula is C33H42N4O7S2. The second kappa shape index (κ2) is 16.9. The van der Waals surface area contributed by atoms with Crippen LogP contribution in [-0.2, 0) is 35.9 Å². The van der Waals surface area contributed by atoms with E-state index < -0.39 is 33.5 Å². The van der Waals surface area contributed by atoms with E-state index in [0.717, 1.165) is 72.3 Å². The molecular weight excluding hydrogens is 629 g/mol. The van der Waals surface area contributed by atoms with Crippen molar-refractivity contribution in [2.75, 3.05) is 72.0 Å². The summed E-state index contributed by atoms with van der Waals surface area (Å²) in [7, 11) is 0.195. The third kappa shape index (κ3) is 10.0. The van der Waals surface area contributed by atoms with E-state index >= 15 is 0 Å². The van der Waals surface area contributed by atoms with E-state index in [1.54, 1.807) is 12.5 Å². The van der Waals surface area contributed by atoms with Crippen molar-refractivity contribution in [1.82, 2.24) is 14.8 Å². The lowest BCUT2D eigenvalue weighted by Crippen LogP contribution is -2.45. The summed E-state index contributed by atoms with van der Waals surface area (Å²) in [5.74, 6) is -2.38. The molecule has 0 aromatic heterocycles. The van der Waals surface area contributed by atoms with Crippen molar-refractivity contribution in [2.45, 2.75) is 22.3 Å². The van der Waals surface area contributed by atoms with Gasteiger partial charge in [-0.1, -0.05) is 24.3 Å². The number of carboxylic acid groups (broad SMARTS) is 2. The van der Waals surface area contributed by atoms with Gasteiger partial charge in [-0.2, -0.15) is 5.10 Å². The molecule has 2 fully saturated rings. The monoisotopic (exact) mass is 670 g/mol. The fraction of sp³-hybridized carbons (Fsp3) is 0.424. The molecule has 2 aromatic carbocycles. The van der Waals surface area contributed by atoms with Gasteiger partial charge in [0.1, 0.15) is 0 Å². The number of nitrogens with zero attached hydrogens (tertiary/aromatic N) is 4. The second-order valence-electron chi connectivity index (χ2n) is 11.4. The highest BCUT2D eigenvalue weighted by atomic mass is 32.2. The topological polar surface area (TPSA) is 140 Å². The number of hydrogen-bond acceptors (Lipinski definition) is 9. The maximum Gasteiger partial charge on any atom is 0.328 e. The molecule has 3 aliphatic heterocycles. The maximum absolute atomic E-state index is 12.0. The average Bonchev–Trinajstić information content (AvgIpc) is 3.41. The zero-order valence-corrected chi connectivity index (χ0v) is 28.0. The number of likely N-dealkylation sites (N-methyl/N-ethyl adjacent to an activating group) is 1. The van der Waals surface area contributed by atoms with Gasteiger partial charge in [-0.05, 0) is 61.5 Å². The SMILES string of the molecule is CN1CCN(CCCN2N=C3/C(=C/c4ccc(S(C)=O)cc4)COCC3C2c2ccc(S(C)=O)cc2)CC1.O=C(O)/C=C\C(=O)O. The van der Waals surface area contributed by atoms with Gasteiger partial charge in [-0.15, -0.1) is 0 Å². The number of fused-ring (bicyclic) bond motifs is 1. The Morgan fingerprint density at radius 2 is 1.46 bits per heavy atom. The van der Waals surface area contributed by atoms with Crippen molar-refractivity contribution in [3.8, 4) is 0 Å². The Morgan fingerprint density at radius 3 is 2.00 bits per heavy atom. The number of benzene rings is 2. The quantitative estimate of drug-likeness (QED) is 0.363. The minimum Gasteiger partial charge on any atom is -0.478 e. The van der Waals surface area contributed by atoms with Crippen molar-refractivity contribution in [2.24, 2.45) is 11.0 Å². The third-order valence-corrected chi connectivity index (χ3v) is 9.98. The Bertz CT molecular complexity index is 1480. The van der Waals surface area contributed by atoms with Crippen LogP contribution in [0, 0.1) is 5.92 Å². The molecule has 2 N–H and O–H groups in total. The number of hydrogen-bond donors (Lipinski definition) is 2. The Balaban J connectivity index is 0.000000533. The highest BCUT2D eigenvalue weighted by molar-refractivity contribution is 7.84. The van der Waals surface area contributed by atoms with Crippen LogP contribution in [-0.4, -0.2) is 123 Å². The number of aliphatic carboxylic acids is 2. The molecule has 11 nitrogen and oxygen atoms in total. The van der Waals surface area contributed by atoms with Crippen molar-refractivity contribution >= 4 is 45.3 Å². The van der Waals surface area contributed by atoms with Gasteiger partial charge in [-0.3, -0.25) is 13.4 Å². The number of carboxylic acids is 2. The molecule has 0 saturated carbocycles. The fourth-order valence-corrected chi connectivity index (χ4v) is 6.71. The first kappa shape index (κ1) is 35.4. The predicted molar refractivity (Wildman–Crippen MR) is 180 cm³/mol. The average molecular weight is 671 g/mol. The molecule has 4 unspecified atom stereocenters. The molecule has 0 aliphatic carbocycles. The fourth-order valence-electron chi connectivity index (χ4n) is 5.67. The molecule has 13 heteroatoms. The van der Waals surface area contributed by atoms with Crippen LogP contribution in [0.25, 0.3) is 6.08 Å². The standard InChI is InChI=1S/C29H38N4O3S2.C4H4O4/c1-31-15-17-32(18-16-31)13-4-14-33-29(23-7-11-26(12-8-23)38(3)35)27-21-36-20-24(28(27)30-33)19-22-5-9-25(10-6-22)37(2)34;5-3(6)1-2-4(7)8/h5-12,19,27,29H,4,13-18,20-21H2,1-3H3;1-2H,(H,5,6)(H,7,8)/b24-19+;2-1-. The van der Waals surface area contributed by atoms with E-state index in [9.17, 15) is 18.0 Å². The van der Waals surface area contributed by atoms with E-state index in [1.807, 2.05) is 36.4 Å².